The number of rotatable bonds is 9. The Morgan fingerprint density at radius 3 is 2.53 bits per heavy atom. The smallest absolute Gasteiger partial charge is 0.314 e. The number of para-hydroxylation sites is 1. The molecule has 3 rings (SSSR count). The van der Waals surface area contributed by atoms with Crippen molar-refractivity contribution in [1.82, 2.24) is 14.9 Å². The standard InChI is InChI=1S/C22H23N5O3/c1-26(2)15-5-6-16-11-14-24-22(20(16)27(29)30)25-19-8-4-3-7-18(19)21(28)17-9-12-23-13-10-17/h3-4,7-14H,5-6,15H2,1-2H3,(H,24,25). The van der Waals surface area contributed by atoms with E-state index in [1.54, 1.807) is 61.1 Å². The molecule has 0 saturated carbocycles. The highest BCUT2D eigenvalue weighted by molar-refractivity contribution is 6.12. The molecule has 0 spiro atoms. The number of carbonyl (C=O) groups is 1. The van der Waals surface area contributed by atoms with Gasteiger partial charge in [0.1, 0.15) is 0 Å². The minimum atomic E-state index is -0.423. The number of nitro groups is 1. The minimum Gasteiger partial charge on any atom is -0.334 e. The van der Waals surface area contributed by atoms with Crippen LogP contribution in [0.1, 0.15) is 27.9 Å². The van der Waals surface area contributed by atoms with Crippen molar-refractivity contribution in [2.75, 3.05) is 26.0 Å². The normalized spacial score (nSPS) is 10.8. The van der Waals surface area contributed by atoms with Gasteiger partial charge in [0.25, 0.3) is 0 Å². The third-order valence-electron chi connectivity index (χ3n) is 4.61. The summed E-state index contributed by atoms with van der Waals surface area (Å²) < 4.78 is 0. The molecule has 154 valence electrons. The van der Waals surface area contributed by atoms with Crippen LogP contribution in [0.3, 0.4) is 0 Å². The van der Waals surface area contributed by atoms with Crippen molar-refractivity contribution < 1.29 is 9.72 Å². The number of benzene rings is 1. The highest BCUT2D eigenvalue weighted by atomic mass is 16.6. The lowest BCUT2D eigenvalue weighted by Crippen LogP contribution is -2.14. The SMILES string of the molecule is CN(C)CCCc1ccnc(Nc2ccccc2C(=O)c2ccncc2)c1[N+](=O)[O-]. The topological polar surface area (TPSA) is 101 Å². The van der Waals surface area contributed by atoms with Crippen LogP contribution >= 0.6 is 0 Å². The van der Waals surface area contributed by atoms with Gasteiger partial charge < -0.3 is 10.2 Å². The first-order valence-electron chi connectivity index (χ1n) is 9.55. The van der Waals surface area contributed by atoms with E-state index in [0.717, 1.165) is 13.0 Å². The third-order valence-corrected chi connectivity index (χ3v) is 4.61. The predicted molar refractivity (Wildman–Crippen MR) is 115 cm³/mol. The second-order valence-corrected chi connectivity index (χ2v) is 7.07. The number of hydrogen-bond donors (Lipinski definition) is 1. The van der Waals surface area contributed by atoms with Gasteiger partial charge in [-0.1, -0.05) is 12.1 Å². The summed E-state index contributed by atoms with van der Waals surface area (Å²) in [7, 11) is 3.93. The Bertz CT molecular complexity index is 1040. The lowest BCUT2D eigenvalue weighted by molar-refractivity contribution is -0.384. The molecule has 2 heterocycles. The predicted octanol–water partition coefficient (Wildman–Crippen LogP) is 3.85. The van der Waals surface area contributed by atoms with E-state index in [4.69, 9.17) is 0 Å². The molecule has 0 radical (unpaired) electrons. The third kappa shape index (κ3) is 5.03. The van der Waals surface area contributed by atoms with Gasteiger partial charge in [-0.3, -0.25) is 19.9 Å². The Kier molecular flexibility index (Phi) is 6.82. The van der Waals surface area contributed by atoms with Crippen LogP contribution in [0.2, 0.25) is 0 Å². The monoisotopic (exact) mass is 405 g/mol. The van der Waals surface area contributed by atoms with Crippen LogP contribution in [0.15, 0.2) is 61.1 Å². The number of aryl methyl sites for hydroxylation is 1. The Balaban J connectivity index is 1.93. The molecule has 0 atom stereocenters. The summed E-state index contributed by atoms with van der Waals surface area (Å²) in [5.41, 5.74) is 1.89. The molecule has 1 aromatic carbocycles. The fourth-order valence-electron chi connectivity index (χ4n) is 3.15. The van der Waals surface area contributed by atoms with Gasteiger partial charge >= 0.3 is 5.69 Å². The highest BCUT2D eigenvalue weighted by Gasteiger charge is 2.22. The Hall–Kier alpha value is -3.65. The second-order valence-electron chi connectivity index (χ2n) is 7.07. The molecule has 0 fully saturated rings. The van der Waals surface area contributed by atoms with Gasteiger partial charge in [-0.2, -0.15) is 0 Å². The number of hydrogen-bond acceptors (Lipinski definition) is 7. The minimum absolute atomic E-state index is 0.0672. The van der Waals surface area contributed by atoms with Gasteiger partial charge in [0, 0.05) is 35.3 Å². The van der Waals surface area contributed by atoms with Crippen LogP contribution in [0, 0.1) is 10.1 Å². The molecule has 0 aliphatic rings. The number of aromatic nitrogens is 2. The van der Waals surface area contributed by atoms with Crippen LogP contribution in [0.4, 0.5) is 17.2 Å². The number of ketones is 1. The second kappa shape index (κ2) is 9.71. The number of pyridine rings is 2. The largest absolute Gasteiger partial charge is 0.334 e. The van der Waals surface area contributed by atoms with Crippen LogP contribution < -0.4 is 5.32 Å². The summed E-state index contributed by atoms with van der Waals surface area (Å²) in [6.45, 7) is 0.825. The van der Waals surface area contributed by atoms with Crippen molar-refractivity contribution in [3.63, 3.8) is 0 Å². The maximum absolute atomic E-state index is 12.9. The molecule has 30 heavy (non-hydrogen) atoms. The summed E-state index contributed by atoms with van der Waals surface area (Å²) in [5.74, 6) is -0.0809. The quantitative estimate of drug-likeness (QED) is 0.328. The Labute approximate surface area is 174 Å². The van der Waals surface area contributed by atoms with E-state index in [1.165, 1.54) is 0 Å². The lowest BCUT2D eigenvalue weighted by atomic mass is 10.0. The fraction of sp³-hybridized carbons (Fsp3) is 0.227. The van der Waals surface area contributed by atoms with Crippen molar-refractivity contribution in [2.45, 2.75) is 12.8 Å². The zero-order valence-electron chi connectivity index (χ0n) is 16.9. The van der Waals surface area contributed by atoms with Gasteiger partial charge in [-0.25, -0.2) is 4.98 Å². The molecule has 0 amide bonds. The number of nitrogens with zero attached hydrogens (tertiary/aromatic N) is 4. The molecule has 8 heteroatoms. The fourth-order valence-corrected chi connectivity index (χ4v) is 3.15. The zero-order chi connectivity index (χ0) is 21.5. The molecule has 2 aromatic heterocycles. The van der Waals surface area contributed by atoms with Gasteiger partial charge in [-0.15, -0.1) is 0 Å². The molecule has 0 unspecified atom stereocenters. The Morgan fingerprint density at radius 1 is 1.10 bits per heavy atom. The van der Waals surface area contributed by atoms with Gasteiger partial charge in [0.15, 0.2) is 5.78 Å². The molecule has 0 saturated heterocycles. The van der Waals surface area contributed by atoms with Crippen molar-refractivity contribution in [3.8, 4) is 0 Å². The van der Waals surface area contributed by atoms with Crippen molar-refractivity contribution in [2.24, 2.45) is 0 Å². The van der Waals surface area contributed by atoms with E-state index < -0.39 is 4.92 Å². The molecule has 0 aliphatic heterocycles. The molecule has 0 aliphatic carbocycles. The lowest BCUT2D eigenvalue weighted by Gasteiger charge is -2.13. The first kappa shape index (κ1) is 21.1. The molecule has 0 bridgehead atoms. The first-order chi connectivity index (χ1) is 14.5. The van der Waals surface area contributed by atoms with Crippen LogP contribution in [-0.2, 0) is 6.42 Å². The van der Waals surface area contributed by atoms with E-state index >= 15 is 0 Å². The number of nitrogens with one attached hydrogen (secondary N) is 1. The summed E-state index contributed by atoms with van der Waals surface area (Å²) >= 11 is 0. The zero-order valence-corrected chi connectivity index (χ0v) is 16.9. The first-order valence-corrected chi connectivity index (χ1v) is 9.55. The number of anilines is 2. The van der Waals surface area contributed by atoms with Crippen molar-refractivity contribution >= 4 is 23.0 Å². The van der Waals surface area contributed by atoms with E-state index in [0.29, 0.717) is 28.8 Å². The van der Waals surface area contributed by atoms with E-state index in [2.05, 4.69) is 15.3 Å². The van der Waals surface area contributed by atoms with Gasteiger partial charge in [0.2, 0.25) is 5.82 Å². The highest BCUT2D eigenvalue weighted by Crippen LogP contribution is 2.31. The number of carbonyl (C=O) groups excluding carboxylic acids is 1. The molecular formula is C22H23N5O3. The molecule has 1 N–H and O–H groups in total. The average Bonchev–Trinajstić information content (AvgIpc) is 2.74. The Morgan fingerprint density at radius 2 is 1.83 bits per heavy atom. The van der Waals surface area contributed by atoms with Crippen LogP contribution in [0.5, 0.6) is 0 Å². The van der Waals surface area contributed by atoms with E-state index in [1.807, 2.05) is 19.0 Å². The van der Waals surface area contributed by atoms with Gasteiger partial charge in [-0.05, 0) is 63.8 Å². The average molecular weight is 405 g/mol. The van der Waals surface area contributed by atoms with Gasteiger partial charge in [0.05, 0.1) is 10.6 Å². The summed E-state index contributed by atoms with van der Waals surface area (Å²) in [4.78, 5) is 34.5. The molecule has 3 aromatic rings. The molecular weight excluding hydrogens is 382 g/mol. The van der Waals surface area contributed by atoms with E-state index in [-0.39, 0.29) is 17.3 Å². The summed E-state index contributed by atoms with van der Waals surface area (Å²) in [6, 6.07) is 11.8. The van der Waals surface area contributed by atoms with Crippen molar-refractivity contribution in [1.29, 1.82) is 0 Å². The van der Waals surface area contributed by atoms with E-state index in [9.17, 15) is 14.9 Å². The summed E-state index contributed by atoms with van der Waals surface area (Å²) in [5, 5.41) is 14.8. The van der Waals surface area contributed by atoms with Crippen LogP contribution in [0.25, 0.3) is 0 Å². The summed E-state index contributed by atoms with van der Waals surface area (Å²) in [6.07, 6.45) is 5.99. The maximum atomic E-state index is 12.9. The van der Waals surface area contributed by atoms with Crippen molar-refractivity contribution in [3.05, 3.63) is 87.9 Å². The molecule has 8 nitrogen and oxygen atoms in total. The van der Waals surface area contributed by atoms with Crippen LogP contribution in [-0.4, -0.2) is 46.2 Å². The maximum Gasteiger partial charge on any atom is 0.314 e.